The molecule has 102 valence electrons. The minimum absolute atomic E-state index is 0. The van der Waals surface area contributed by atoms with Gasteiger partial charge >= 0.3 is 0 Å². The number of hydrogen-bond donors (Lipinski definition) is 1. The second-order valence-corrected chi connectivity index (χ2v) is 4.34. The maximum absolute atomic E-state index is 5.93. The molecule has 0 radical (unpaired) electrons. The molecule has 0 aliphatic carbocycles. The summed E-state index contributed by atoms with van der Waals surface area (Å²) in [6, 6.07) is 16.4. The number of nitrogens with two attached hydrogens (primary N) is 1. The summed E-state index contributed by atoms with van der Waals surface area (Å²) in [7, 11) is 0. The fourth-order valence-corrected chi connectivity index (χ4v) is 1.98. The Bertz CT molecular complexity index is 526. The Morgan fingerprint density at radius 1 is 1.11 bits per heavy atom. The van der Waals surface area contributed by atoms with Crippen LogP contribution in [-0.2, 0) is 0 Å². The molecule has 2 rings (SSSR count). The van der Waals surface area contributed by atoms with Crippen molar-refractivity contribution < 1.29 is 4.74 Å². The van der Waals surface area contributed by atoms with Gasteiger partial charge in [-0.1, -0.05) is 36.4 Å². The van der Waals surface area contributed by atoms with Crippen LogP contribution in [-0.4, -0.2) is 6.61 Å². The van der Waals surface area contributed by atoms with E-state index in [0.717, 1.165) is 22.4 Å². The highest BCUT2D eigenvalue weighted by molar-refractivity contribution is 5.85. The monoisotopic (exact) mass is 277 g/mol. The second-order valence-electron chi connectivity index (χ2n) is 4.34. The highest BCUT2D eigenvalue weighted by Crippen LogP contribution is 2.30. The van der Waals surface area contributed by atoms with Crippen LogP contribution in [0, 0.1) is 0 Å². The molecule has 0 aromatic heterocycles. The van der Waals surface area contributed by atoms with Crippen molar-refractivity contribution in [3.8, 4) is 16.9 Å². The molecule has 0 heterocycles. The van der Waals surface area contributed by atoms with Crippen LogP contribution in [0.4, 0.5) is 0 Å². The van der Waals surface area contributed by atoms with Crippen LogP contribution < -0.4 is 10.5 Å². The molecule has 0 spiro atoms. The Labute approximate surface area is 121 Å². The van der Waals surface area contributed by atoms with E-state index in [2.05, 4.69) is 24.3 Å². The number of para-hydroxylation sites is 1. The van der Waals surface area contributed by atoms with E-state index in [-0.39, 0.29) is 18.4 Å². The van der Waals surface area contributed by atoms with Crippen molar-refractivity contribution >= 4 is 12.4 Å². The van der Waals surface area contributed by atoms with Gasteiger partial charge in [0.1, 0.15) is 5.75 Å². The number of halogens is 1. The van der Waals surface area contributed by atoms with E-state index in [4.69, 9.17) is 10.5 Å². The highest BCUT2D eigenvalue weighted by atomic mass is 35.5. The summed E-state index contributed by atoms with van der Waals surface area (Å²) >= 11 is 0. The van der Waals surface area contributed by atoms with Crippen molar-refractivity contribution in [3.05, 3.63) is 54.1 Å². The number of benzene rings is 2. The van der Waals surface area contributed by atoms with Gasteiger partial charge in [-0.2, -0.15) is 0 Å². The quantitative estimate of drug-likeness (QED) is 0.909. The second kappa shape index (κ2) is 7.17. The molecule has 2 aromatic carbocycles. The average molecular weight is 278 g/mol. The van der Waals surface area contributed by atoms with E-state index < -0.39 is 0 Å². The van der Waals surface area contributed by atoms with Crippen molar-refractivity contribution in [1.29, 1.82) is 0 Å². The summed E-state index contributed by atoms with van der Waals surface area (Å²) in [6.07, 6.45) is 0. The van der Waals surface area contributed by atoms with Gasteiger partial charge < -0.3 is 10.5 Å². The lowest BCUT2D eigenvalue weighted by Gasteiger charge is -2.12. The lowest BCUT2D eigenvalue weighted by atomic mass is 10.00. The van der Waals surface area contributed by atoms with Crippen molar-refractivity contribution in [2.24, 2.45) is 5.73 Å². The summed E-state index contributed by atoms with van der Waals surface area (Å²) in [5, 5.41) is 0. The van der Waals surface area contributed by atoms with Crippen LogP contribution in [0.15, 0.2) is 48.5 Å². The minimum atomic E-state index is 0. The zero-order valence-corrected chi connectivity index (χ0v) is 12.1. The van der Waals surface area contributed by atoms with E-state index in [1.54, 1.807) is 0 Å². The Balaban J connectivity index is 0.00000180. The molecule has 2 aromatic rings. The molecule has 0 saturated carbocycles. The Kier molecular flexibility index (Phi) is 5.87. The molecule has 0 saturated heterocycles. The molecule has 0 aliphatic rings. The van der Waals surface area contributed by atoms with E-state index >= 15 is 0 Å². The van der Waals surface area contributed by atoms with Crippen LogP contribution in [0.3, 0.4) is 0 Å². The maximum Gasteiger partial charge on any atom is 0.127 e. The normalized spacial score (nSPS) is 11.5. The highest BCUT2D eigenvalue weighted by Gasteiger charge is 2.07. The largest absolute Gasteiger partial charge is 0.493 e. The lowest BCUT2D eigenvalue weighted by molar-refractivity contribution is 0.341. The smallest absolute Gasteiger partial charge is 0.127 e. The number of ether oxygens (including phenoxy) is 1. The van der Waals surface area contributed by atoms with Gasteiger partial charge in [-0.25, -0.2) is 0 Å². The summed E-state index contributed by atoms with van der Waals surface area (Å²) in [5.74, 6) is 0.918. The zero-order chi connectivity index (χ0) is 13.0. The molecule has 19 heavy (non-hydrogen) atoms. The van der Waals surface area contributed by atoms with Gasteiger partial charge in [-0.05, 0) is 37.1 Å². The molecule has 0 bridgehead atoms. The number of hydrogen-bond acceptors (Lipinski definition) is 2. The molecule has 0 amide bonds. The summed E-state index contributed by atoms with van der Waals surface area (Å²) in [4.78, 5) is 0. The van der Waals surface area contributed by atoms with Crippen LogP contribution in [0.25, 0.3) is 11.1 Å². The van der Waals surface area contributed by atoms with E-state index in [0.29, 0.717) is 6.61 Å². The van der Waals surface area contributed by atoms with Gasteiger partial charge in [-0.15, -0.1) is 12.4 Å². The molecule has 2 nitrogen and oxygen atoms in total. The summed E-state index contributed by atoms with van der Waals surface area (Å²) < 4.78 is 5.66. The van der Waals surface area contributed by atoms with Crippen molar-refractivity contribution in [3.63, 3.8) is 0 Å². The lowest BCUT2D eigenvalue weighted by Crippen LogP contribution is -2.04. The summed E-state index contributed by atoms with van der Waals surface area (Å²) in [5.41, 5.74) is 9.32. The van der Waals surface area contributed by atoms with E-state index in [9.17, 15) is 0 Å². The van der Waals surface area contributed by atoms with Gasteiger partial charge in [0.05, 0.1) is 6.61 Å². The first-order chi connectivity index (χ1) is 8.72. The van der Waals surface area contributed by atoms with E-state index in [1.807, 2.05) is 38.1 Å². The Morgan fingerprint density at radius 2 is 1.84 bits per heavy atom. The third-order valence-corrected chi connectivity index (χ3v) is 2.91. The molecule has 1 atom stereocenters. The fourth-order valence-electron chi connectivity index (χ4n) is 1.98. The molecule has 2 N–H and O–H groups in total. The molecular weight excluding hydrogens is 258 g/mol. The molecule has 3 heteroatoms. The van der Waals surface area contributed by atoms with Crippen LogP contribution in [0.2, 0.25) is 0 Å². The van der Waals surface area contributed by atoms with Crippen LogP contribution in [0.5, 0.6) is 5.75 Å². The first-order valence-corrected chi connectivity index (χ1v) is 6.30. The van der Waals surface area contributed by atoms with Gasteiger partial charge in [0.25, 0.3) is 0 Å². The molecule has 0 aliphatic heterocycles. The topological polar surface area (TPSA) is 35.2 Å². The standard InChI is InChI=1S/C16H19NO.ClH/c1-3-18-16-10-5-4-9-15(16)14-8-6-7-13(11-14)12(2)17;/h4-12H,3,17H2,1-2H3;1H. The average Bonchev–Trinajstić information content (AvgIpc) is 2.40. The van der Waals surface area contributed by atoms with Gasteiger partial charge in [-0.3, -0.25) is 0 Å². The van der Waals surface area contributed by atoms with Crippen molar-refractivity contribution in [2.45, 2.75) is 19.9 Å². The van der Waals surface area contributed by atoms with Crippen LogP contribution in [0.1, 0.15) is 25.5 Å². The Hall–Kier alpha value is -1.51. The van der Waals surface area contributed by atoms with Crippen molar-refractivity contribution in [2.75, 3.05) is 6.61 Å². The van der Waals surface area contributed by atoms with Crippen LogP contribution >= 0.6 is 12.4 Å². The minimum Gasteiger partial charge on any atom is -0.493 e. The SMILES string of the molecule is CCOc1ccccc1-c1cccc(C(C)N)c1.Cl. The summed E-state index contributed by atoms with van der Waals surface area (Å²) in [6.45, 7) is 4.66. The molecule has 1 unspecified atom stereocenters. The zero-order valence-electron chi connectivity index (χ0n) is 11.3. The van der Waals surface area contributed by atoms with Crippen molar-refractivity contribution in [1.82, 2.24) is 0 Å². The first kappa shape index (κ1) is 15.5. The third kappa shape index (κ3) is 3.72. The van der Waals surface area contributed by atoms with Gasteiger partial charge in [0.15, 0.2) is 0 Å². The third-order valence-electron chi connectivity index (χ3n) is 2.91. The maximum atomic E-state index is 5.93. The predicted molar refractivity (Wildman–Crippen MR) is 82.9 cm³/mol. The molecular formula is C16H20ClNO. The predicted octanol–water partition coefficient (Wildman–Crippen LogP) is 4.19. The first-order valence-electron chi connectivity index (χ1n) is 6.30. The molecule has 0 fully saturated rings. The van der Waals surface area contributed by atoms with Gasteiger partial charge in [0, 0.05) is 11.6 Å². The van der Waals surface area contributed by atoms with Gasteiger partial charge in [0.2, 0.25) is 0 Å². The number of rotatable bonds is 4. The van der Waals surface area contributed by atoms with E-state index in [1.165, 1.54) is 0 Å². The fraction of sp³-hybridized carbons (Fsp3) is 0.250. The Morgan fingerprint density at radius 3 is 2.53 bits per heavy atom.